The molecule has 3 rings (SSSR count). The van der Waals surface area contributed by atoms with Crippen LogP contribution < -0.4 is 0 Å². The van der Waals surface area contributed by atoms with Gasteiger partial charge in [-0.05, 0) is 37.8 Å². The number of hydrogen-bond donors (Lipinski definition) is 0. The number of aryl methyl sites for hydroxylation is 1. The van der Waals surface area contributed by atoms with E-state index in [4.69, 9.17) is 0 Å². The topological polar surface area (TPSA) is 17.8 Å². The number of hydrogen-bond acceptors (Lipinski definition) is 1. The first kappa shape index (κ1) is 14.1. The number of nitrogens with zero attached hydrogens (tertiary/aromatic N) is 2. The van der Waals surface area contributed by atoms with Crippen molar-refractivity contribution in [3.8, 4) is 11.4 Å². The van der Waals surface area contributed by atoms with Crippen LogP contribution in [0.2, 0.25) is 0 Å². The summed E-state index contributed by atoms with van der Waals surface area (Å²) in [6, 6.07) is 3.92. The van der Waals surface area contributed by atoms with Crippen LogP contribution in [0, 0.1) is 18.7 Å². The molecule has 2 nitrogen and oxygen atoms in total. The Balaban J connectivity index is 2.12. The molecule has 1 aromatic heterocycles. The molecule has 1 aliphatic carbocycles. The van der Waals surface area contributed by atoms with Gasteiger partial charge in [0.15, 0.2) is 0 Å². The first-order valence-corrected chi connectivity index (χ1v) is 6.74. The van der Waals surface area contributed by atoms with E-state index in [2.05, 4.69) is 4.98 Å². The predicted octanol–water partition coefficient (Wildman–Crippen LogP) is 4.51. The average Bonchev–Trinajstić information content (AvgIpc) is 3.13. The van der Waals surface area contributed by atoms with Crippen LogP contribution in [0.25, 0.3) is 11.4 Å². The van der Waals surface area contributed by atoms with Gasteiger partial charge < -0.3 is 4.57 Å². The van der Waals surface area contributed by atoms with E-state index in [1.807, 2.05) is 0 Å². The second-order valence-electron chi connectivity index (χ2n) is 5.43. The van der Waals surface area contributed by atoms with E-state index in [0.29, 0.717) is 24.1 Å². The van der Waals surface area contributed by atoms with E-state index in [1.54, 1.807) is 13.0 Å². The Labute approximate surface area is 119 Å². The van der Waals surface area contributed by atoms with E-state index >= 15 is 0 Å². The molecule has 1 atom stereocenters. The van der Waals surface area contributed by atoms with Crippen molar-refractivity contribution in [1.29, 1.82) is 0 Å². The van der Waals surface area contributed by atoms with Crippen molar-refractivity contribution in [2.75, 3.05) is 0 Å². The third-order valence-corrected chi connectivity index (χ3v) is 3.75. The molecule has 0 aliphatic heterocycles. The summed E-state index contributed by atoms with van der Waals surface area (Å²) in [5, 5.41) is 0. The van der Waals surface area contributed by atoms with E-state index < -0.39 is 24.0 Å². The third kappa shape index (κ3) is 2.66. The summed E-state index contributed by atoms with van der Waals surface area (Å²) >= 11 is 0. The van der Waals surface area contributed by atoms with Crippen LogP contribution in [0.15, 0.2) is 30.5 Å². The SMILES string of the molecule is Cc1cnc(-c2cccc(F)c2)n1C(C1CC1)C(F)(F)F. The molecular weight excluding hydrogens is 284 g/mol. The van der Waals surface area contributed by atoms with E-state index in [1.165, 1.54) is 29.0 Å². The maximum absolute atomic E-state index is 13.4. The standard InChI is InChI=1S/C15H14F4N2/c1-9-8-20-14(11-3-2-4-12(16)7-11)21(9)13(10-5-6-10)15(17,18)19/h2-4,7-8,10,13H,5-6H2,1H3. The zero-order valence-electron chi connectivity index (χ0n) is 11.4. The van der Waals surface area contributed by atoms with Crippen LogP contribution >= 0.6 is 0 Å². The minimum atomic E-state index is -4.34. The Bertz CT molecular complexity index is 656. The summed E-state index contributed by atoms with van der Waals surface area (Å²) in [6.07, 6.45) is -1.81. The molecule has 21 heavy (non-hydrogen) atoms. The van der Waals surface area contributed by atoms with Gasteiger partial charge in [0.25, 0.3) is 0 Å². The van der Waals surface area contributed by atoms with Gasteiger partial charge in [-0.25, -0.2) is 9.37 Å². The summed E-state index contributed by atoms with van der Waals surface area (Å²) in [5.41, 5.74) is 0.793. The highest BCUT2D eigenvalue weighted by atomic mass is 19.4. The number of aromatic nitrogens is 2. The van der Waals surface area contributed by atoms with Gasteiger partial charge in [-0.3, -0.25) is 0 Å². The van der Waals surface area contributed by atoms with Crippen molar-refractivity contribution in [1.82, 2.24) is 9.55 Å². The van der Waals surface area contributed by atoms with Gasteiger partial charge in [0.05, 0.1) is 0 Å². The van der Waals surface area contributed by atoms with Crippen molar-refractivity contribution in [3.63, 3.8) is 0 Å². The van der Waals surface area contributed by atoms with Gasteiger partial charge >= 0.3 is 6.18 Å². The smallest absolute Gasteiger partial charge is 0.316 e. The first-order chi connectivity index (χ1) is 9.88. The van der Waals surface area contributed by atoms with Gasteiger partial charge in [-0.1, -0.05) is 12.1 Å². The molecule has 2 aromatic rings. The lowest BCUT2D eigenvalue weighted by Gasteiger charge is -2.25. The Morgan fingerprint density at radius 1 is 1.29 bits per heavy atom. The second kappa shape index (κ2) is 4.86. The highest BCUT2D eigenvalue weighted by Gasteiger charge is 2.51. The monoisotopic (exact) mass is 298 g/mol. The Morgan fingerprint density at radius 3 is 2.57 bits per heavy atom. The second-order valence-corrected chi connectivity index (χ2v) is 5.43. The third-order valence-electron chi connectivity index (χ3n) is 3.75. The van der Waals surface area contributed by atoms with E-state index in [0.717, 1.165) is 0 Å². The minimum absolute atomic E-state index is 0.168. The zero-order chi connectivity index (χ0) is 15.2. The van der Waals surface area contributed by atoms with Gasteiger partial charge in [0.1, 0.15) is 17.7 Å². The number of imidazole rings is 1. The van der Waals surface area contributed by atoms with Crippen LogP contribution in [0.3, 0.4) is 0 Å². The Hall–Kier alpha value is -1.85. The number of alkyl halides is 3. The molecule has 1 saturated carbocycles. The van der Waals surface area contributed by atoms with Crippen molar-refractivity contribution >= 4 is 0 Å². The molecule has 0 amide bonds. The van der Waals surface area contributed by atoms with Crippen LogP contribution in [0.1, 0.15) is 24.6 Å². The molecule has 1 unspecified atom stereocenters. The number of halogens is 4. The van der Waals surface area contributed by atoms with Crippen LogP contribution in [0.4, 0.5) is 17.6 Å². The average molecular weight is 298 g/mol. The molecule has 1 aliphatic rings. The van der Waals surface area contributed by atoms with Crippen molar-refractivity contribution in [3.05, 3.63) is 42.0 Å². The first-order valence-electron chi connectivity index (χ1n) is 6.74. The quantitative estimate of drug-likeness (QED) is 0.762. The summed E-state index contributed by atoms with van der Waals surface area (Å²) in [5.74, 6) is -0.735. The van der Waals surface area contributed by atoms with Crippen molar-refractivity contribution < 1.29 is 17.6 Å². The molecule has 0 saturated heterocycles. The van der Waals surface area contributed by atoms with Gasteiger partial charge in [-0.2, -0.15) is 13.2 Å². The molecule has 0 spiro atoms. The maximum Gasteiger partial charge on any atom is 0.409 e. The van der Waals surface area contributed by atoms with Crippen molar-refractivity contribution in [2.24, 2.45) is 5.92 Å². The summed E-state index contributed by atoms with van der Waals surface area (Å²) in [6.45, 7) is 1.59. The predicted molar refractivity (Wildman–Crippen MR) is 70.2 cm³/mol. The lowest BCUT2D eigenvalue weighted by molar-refractivity contribution is -0.173. The van der Waals surface area contributed by atoms with Gasteiger partial charge in [-0.15, -0.1) is 0 Å². The molecule has 112 valence electrons. The lowest BCUT2D eigenvalue weighted by Crippen LogP contribution is -2.29. The van der Waals surface area contributed by atoms with Gasteiger partial charge in [0, 0.05) is 17.5 Å². The molecule has 0 radical (unpaired) electrons. The fourth-order valence-corrected chi connectivity index (χ4v) is 2.67. The molecule has 0 N–H and O–H groups in total. The Morgan fingerprint density at radius 2 is 2.00 bits per heavy atom. The summed E-state index contributed by atoms with van der Waals surface area (Å²) in [4.78, 5) is 4.07. The molecular formula is C15H14F4N2. The van der Waals surface area contributed by atoms with Crippen molar-refractivity contribution in [2.45, 2.75) is 32.0 Å². The van der Waals surface area contributed by atoms with Crippen LogP contribution in [0.5, 0.6) is 0 Å². The Kier molecular flexibility index (Phi) is 3.26. The molecule has 6 heteroatoms. The zero-order valence-corrected chi connectivity index (χ0v) is 11.4. The van der Waals surface area contributed by atoms with Gasteiger partial charge in [0.2, 0.25) is 0 Å². The highest BCUT2D eigenvalue weighted by molar-refractivity contribution is 5.56. The normalized spacial score (nSPS) is 17.0. The summed E-state index contributed by atoms with van der Waals surface area (Å²) in [7, 11) is 0. The largest absolute Gasteiger partial charge is 0.409 e. The van der Waals surface area contributed by atoms with E-state index in [9.17, 15) is 17.6 Å². The fourth-order valence-electron chi connectivity index (χ4n) is 2.67. The van der Waals surface area contributed by atoms with Crippen LogP contribution in [-0.2, 0) is 0 Å². The van der Waals surface area contributed by atoms with Crippen LogP contribution in [-0.4, -0.2) is 15.7 Å². The highest BCUT2D eigenvalue weighted by Crippen LogP contribution is 2.49. The molecule has 1 aromatic carbocycles. The molecule has 1 fully saturated rings. The summed E-state index contributed by atoms with van der Waals surface area (Å²) < 4.78 is 54.8. The lowest BCUT2D eigenvalue weighted by atomic mass is 10.1. The molecule has 0 bridgehead atoms. The molecule has 1 heterocycles. The fraction of sp³-hybridized carbons (Fsp3) is 0.400. The minimum Gasteiger partial charge on any atom is -0.316 e. The van der Waals surface area contributed by atoms with E-state index in [-0.39, 0.29) is 5.82 Å². The number of benzene rings is 1. The number of rotatable bonds is 3. The maximum atomic E-state index is 13.4.